The number of hydrogen-bond acceptors (Lipinski definition) is 3. The van der Waals surface area contributed by atoms with Gasteiger partial charge in [-0.05, 0) is 49.6 Å². The van der Waals surface area contributed by atoms with Crippen molar-refractivity contribution in [2.75, 3.05) is 12.3 Å². The van der Waals surface area contributed by atoms with E-state index in [1.807, 2.05) is 30.3 Å². The van der Waals surface area contributed by atoms with Crippen LogP contribution in [0.2, 0.25) is 0 Å². The second-order valence-electron chi connectivity index (χ2n) is 3.74. The molecule has 1 aromatic carbocycles. The number of benzene rings is 1. The van der Waals surface area contributed by atoms with Gasteiger partial charge in [0.15, 0.2) is 0 Å². The number of anilines is 1. The van der Waals surface area contributed by atoms with Crippen LogP contribution in [0, 0.1) is 0 Å². The summed E-state index contributed by atoms with van der Waals surface area (Å²) in [5.41, 5.74) is 7.75. The summed E-state index contributed by atoms with van der Waals surface area (Å²) in [4.78, 5) is 4.18. The van der Waals surface area contributed by atoms with E-state index in [-0.39, 0.29) is 0 Å². The number of hydrogen-bond donors (Lipinski definition) is 1. The Kier molecular flexibility index (Phi) is 4.60. The Hall–Kier alpha value is -1.07. The van der Waals surface area contributed by atoms with E-state index in [9.17, 15) is 0 Å². The van der Waals surface area contributed by atoms with E-state index in [0.29, 0.717) is 12.5 Å². The molecule has 0 aliphatic carbocycles. The lowest BCUT2D eigenvalue weighted by atomic mass is 10.1. The van der Waals surface area contributed by atoms with Crippen LogP contribution in [-0.4, -0.2) is 11.6 Å². The van der Waals surface area contributed by atoms with Gasteiger partial charge in [-0.15, -0.1) is 0 Å². The van der Waals surface area contributed by atoms with Crippen molar-refractivity contribution < 1.29 is 4.74 Å². The van der Waals surface area contributed by atoms with Crippen LogP contribution in [0.1, 0.15) is 5.56 Å². The summed E-state index contributed by atoms with van der Waals surface area (Å²) < 4.78 is 7.36. The lowest BCUT2D eigenvalue weighted by Gasteiger charge is -2.08. The van der Waals surface area contributed by atoms with Crippen LogP contribution in [0.3, 0.4) is 0 Å². The van der Waals surface area contributed by atoms with Crippen LogP contribution < -0.4 is 10.5 Å². The molecule has 3 nitrogen and oxygen atoms in total. The lowest BCUT2D eigenvalue weighted by molar-refractivity contribution is 0.307. The molecule has 0 bridgehead atoms. The number of nitrogen functional groups attached to an aromatic ring is 1. The van der Waals surface area contributed by atoms with Gasteiger partial charge >= 0.3 is 0 Å². The van der Waals surface area contributed by atoms with Crippen LogP contribution in [0.15, 0.2) is 45.5 Å². The third kappa shape index (κ3) is 3.46. The van der Waals surface area contributed by atoms with Gasteiger partial charge in [0, 0.05) is 22.8 Å². The van der Waals surface area contributed by atoms with Crippen molar-refractivity contribution in [2.24, 2.45) is 0 Å². The summed E-state index contributed by atoms with van der Waals surface area (Å²) in [5.74, 6) is 0.590. The second kappa shape index (κ2) is 6.20. The molecule has 0 fully saturated rings. The molecule has 2 N–H and O–H groups in total. The maximum atomic E-state index is 5.86. The standard InChI is InChI=1S/C13H12Br2N2O/c14-10-7-11(15)13(17-8-10)18-6-5-9-3-1-2-4-12(9)16/h1-4,7-8H,5-6,16H2. The molecule has 1 heterocycles. The molecule has 0 aliphatic rings. The van der Waals surface area contributed by atoms with Crippen molar-refractivity contribution in [3.05, 3.63) is 51.0 Å². The highest BCUT2D eigenvalue weighted by atomic mass is 79.9. The van der Waals surface area contributed by atoms with E-state index in [2.05, 4.69) is 36.8 Å². The fourth-order valence-corrected chi connectivity index (χ4v) is 2.63. The van der Waals surface area contributed by atoms with Crippen LogP contribution in [0.5, 0.6) is 5.88 Å². The van der Waals surface area contributed by atoms with Gasteiger partial charge in [0.25, 0.3) is 0 Å². The SMILES string of the molecule is Nc1ccccc1CCOc1ncc(Br)cc1Br. The molecule has 0 radical (unpaired) electrons. The van der Waals surface area contributed by atoms with Crippen molar-refractivity contribution in [1.29, 1.82) is 0 Å². The van der Waals surface area contributed by atoms with Gasteiger partial charge in [0.2, 0.25) is 5.88 Å². The minimum absolute atomic E-state index is 0.543. The smallest absolute Gasteiger partial charge is 0.228 e. The Morgan fingerprint density at radius 2 is 2.00 bits per heavy atom. The zero-order valence-electron chi connectivity index (χ0n) is 9.57. The number of para-hydroxylation sites is 1. The fraction of sp³-hybridized carbons (Fsp3) is 0.154. The molecule has 2 aromatic rings. The topological polar surface area (TPSA) is 48.1 Å². The van der Waals surface area contributed by atoms with E-state index in [1.165, 1.54) is 0 Å². The number of aromatic nitrogens is 1. The molecule has 18 heavy (non-hydrogen) atoms. The zero-order valence-corrected chi connectivity index (χ0v) is 12.7. The average molecular weight is 372 g/mol. The number of rotatable bonds is 4. The molecule has 0 saturated carbocycles. The van der Waals surface area contributed by atoms with Crippen molar-refractivity contribution in [2.45, 2.75) is 6.42 Å². The molecule has 94 valence electrons. The Morgan fingerprint density at radius 3 is 2.72 bits per heavy atom. The first-order valence-corrected chi connectivity index (χ1v) is 7.02. The number of ether oxygens (including phenoxy) is 1. The van der Waals surface area contributed by atoms with Crippen molar-refractivity contribution in [1.82, 2.24) is 4.98 Å². The van der Waals surface area contributed by atoms with E-state index in [4.69, 9.17) is 10.5 Å². The number of nitrogens with zero attached hydrogens (tertiary/aromatic N) is 1. The average Bonchev–Trinajstić information content (AvgIpc) is 2.34. The zero-order chi connectivity index (χ0) is 13.0. The lowest BCUT2D eigenvalue weighted by Crippen LogP contribution is -2.05. The molecule has 1 aromatic heterocycles. The highest BCUT2D eigenvalue weighted by Gasteiger charge is 2.04. The Labute approximate surface area is 123 Å². The van der Waals surface area contributed by atoms with Gasteiger partial charge in [0.1, 0.15) is 0 Å². The normalized spacial score (nSPS) is 10.3. The van der Waals surface area contributed by atoms with Gasteiger partial charge in [-0.25, -0.2) is 4.98 Å². The molecule has 0 aliphatic heterocycles. The molecule has 0 spiro atoms. The van der Waals surface area contributed by atoms with Crippen molar-refractivity contribution in [3.63, 3.8) is 0 Å². The van der Waals surface area contributed by atoms with Crippen molar-refractivity contribution >= 4 is 37.5 Å². The highest BCUT2D eigenvalue weighted by molar-refractivity contribution is 9.11. The first-order chi connectivity index (χ1) is 8.66. The summed E-state index contributed by atoms with van der Waals surface area (Å²) in [5, 5.41) is 0. The van der Waals surface area contributed by atoms with E-state index < -0.39 is 0 Å². The predicted octanol–water partition coefficient (Wildman–Crippen LogP) is 3.81. The largest absolute Gasteiger partial charge is 0.477 e. The Morgan fingerprint density at radius 1 is 1.22 bits per heavy atom. The van der Waals surface area contributed by atoms with Gasteiger partial charge in [-0.2, -0.15) is 0 Å². The summed E-state index contributed by atoms with van der Waals surface area (Å²) in [6, 6.07) is 9.69. The first-order valence-electron chi connectivity index (χ1n) is 5.44. The van der Waals surface area contributed by atoms with Crippen LogP contribution in [-0.2, 0) is 6.42 Å². The molecular formula is C13H12Br2N2O. The number of halogens is 2. The monoisotopic (exact) mass is 370 g/mol. The van der Waals surface area contributed by atoms with E-state index in [1.54, 1.807) is 6.20 Å². The summed E-state index contributed by atoms with van der Waals surface area (Å²) in [6.45, 7) is 0.543. The molecule has 0 saturated heterocycles. The van der Waals surface area contributed by atoms with Crippen LogP contribution >= 0.6 is 31.9 Å². The molecule has 2 rings (SSSR count). The maximum absolute atomic E-state index is 5.86. The number of nitrogens with two attached hydrogens (primary N) is 1. The van der Waals surface area contributed by atoms with Gasteiger partial charge in [0.05, 0.1) is 11.1 Å². The highest BCUT2D eigenvalue weighted by Crippen LogP contribution is 2.25. The minimum Gasteiger partial charge on any atom is -0.477 e. The fourth-order valence-electron chi connectivity index (χ4n) is 1.53. The van der Waals surface area contributed by atoms with Gasteiger partial charge < -0.3 is 10.5 Å². The maximum Gasteiger partial charge on any atom is 0.228 e. The molecular weight excluding hydrogens is 360 g/mol. The summed E-state index contributed by atoms with van der Waals surface area (Å²) in [7, 11) is 0. The van der Waals surface area contributed by atoms with Crippen LogP contribution in [0.25, 0.3) is 0 Å². The van der Waals surface area contributed by atoms with E-state index >= 15 is 0 Å². The molecule has 0 unspecified atom stereocenters. The Balaban J connectivity index is 1.95. The second-order valence-corrected chi connectivity index (χ2v) is 5.51. The third-order valence-corrected chi connectivity index (χ3v) is 3.44. The first kappa shape index (κ1) is 13.4. The summed E-state index contributed by atoms with van der Waals surface area (Å²) in [6.07, 6.45) is 2.47. The number of pyridine rings is 1. The molecule has 0 atom stereocenters. The van der Waals surface area contributed by atoms with Crippen LogP contribution in [0.4, 0.5) is 5.69 Å². The van der Waals surface area contributed by atoms with Crippen molar-refractivity contribution in [3.8, 4) is 5.88 Å². The quantitative estimate of drug-likeness (QED) is 0.831. The Bertz CT molecular complexity index is 546. The molecule has 0 amide bonds. The van der Waals surface area contributed by atoms with E-state index in [0.717, 1.165) is 26.6 Å². The van der Waals surface area contributed by atoms with Gasteiger partial charge in [-0.3, -0.25) is 0 Å². The third-order valence-electron chi connectivity index (χ3n) is 2.44. The predicted molar refractivity (Wildman–Crippen MR) is 79.7 cm³/mol. The minimum atomic E-state index is 0.543. The molecule has 5 heteroatoms. The summed E-state index contributed by atoms with van der Waals surface area (Å²) >= 11 is 6.75. The van der Waals surface area contributed by atoms with Gasteiger partial charge in [-0.1, -0.05) is 18.2 Å².